The van der Waals surface area contributed by atoms with Gasteiger partial charge in [-0.25, -0.2) is 9.18 Å². The highest BCUT2D eigenvalue weighted by atomic mass is 19.1. The summed E-state index contributed by atoms with van der Waals surface area (Å²) >= 11 is 0. The predicted molar refractivity (Wildman–Crippen MR) is 116 cm³/mol. The van der Waals surface area contributed by atoms with Crippen molar-refractivity contribution in [2.24, 2.45) is 11.7 Å². The van der Waals surface area contributed by atoms with E-state index in [1.807, 2.05) is 18.2 Å². The number of methoxy groups -OCH3 is 1. The van der Waals surface area contributed by atoms with Gasteiger partial charge in [-0.3, -0.25) is 0 Å². The number of nitrogens with zero attached hydrogens (tertiary/aromatic N) is 1. The van der Waals surface area contributed by atoms with E-state index in [4.69, 9.17) is 15.2 Å². The summed E-state index contributed by atoms with van der Waals surface area (Å²) in [6, 6.07) is 12.9. The highest BCUT2D eigenvalue weighted by Crippen LogP contribution is 2.44. The molecule has 2 aromatic rings. The van der Waals surface area contributed by atoms with Gasteiger partial charge in [-0.1, -0.05) is 18.2 Å². The van der Waals surface area contributed by atoms with E-state index in [0.717, 1.165) is 12.8 Å². The number of amides is 2. The van der Waals surface area contributed by atoms with Gasteiger partial charge in [-0.15, -0.1) is 0 Å². The number of rotatable bonds is 9. The summed E-state index contributed by atoms with van der Waals surface area (Å²) in [4.78, 5) is 13.3. The van der Waals surface area contributed by atoms with Crippen LogP contribution in [-0.4, -0.2) is 42.8 Å². The smallest absolute Gasteiger partial charge is 0.314 e. The molecule has 1 saturated heterocycles. The molecule has 7 heteroatoms. The number of para-hydroxylation sites is 1. The molecule has 168 valence electrons. The Morgan fingerprint density at radius 1 is 1.26 bits per heavy atom. The molecule has 2 atom stereocenters. The molecule has 1 aliphatic rings. The van der Waals surface area contributed by atoms with Crippen molar-refractivity contribution in [1.82, 2.24) is 4.90 Å². The Labute approximate surface area is 182 Å². The van der Waals surface area contributed by atoms with Gasteiger partial charge in [0.05, 0.1) is 5.60 Å². The second-order valence-corrected chi connectivity index (χ2v) is 8.05. The molecular formula is C24H31FN2O4. The number of primary amides is 1. The summed E-state index contributed by atoms with van der Waals surface area (Å²) in [7, 11) is 1.64. The molecule has 0 radical (unpaired) electrons. The van der Waals surface area contributed by atoms with Gasteiger partial charge in [0, 0.05) is 38.3 Å². The van der Waals surface area contributed by atoms with Crippen molar-refractivity contribution in [1.29, 1.82) is 0 Å². The van der Waals surface area contributed by atoms with E-state index in [1.54, 1.807) is 30.2 Å². The average molecular weight is 431 g/mol. The lowest BCUT2D eigenvalue weighted by Gasteiger charge is -2.43. The van der Waals surface area contributed by atoms with E-state index >= 15 is 0 Å². The number of aliphatic hydroxyl groups is 1. The number of urea groups is 1. The lowest BCUT2D eigenvalue weighted by Crippen LogP contribution is -2.49. The standard InChI is InChI=1S/C24H31FN2O4/c1-30-15-6-5-13-24(29,18-8-7-14-27(17-18)23(26)28)21-16-19(25)11-12-22(21)31-20-9-3-2-4-10-20/h2-4,9-12,16,18,29H,5-8,13-15,17H2,1H3,(H2,26,28). The fourth-order valence-corrected chi connectivity index (χ4v) is 4.31. The van der Waals surface area contributed by atoms with Crippen molar-refractivity contribution in [3.05, 3.63) is 59.9 Å². The molecule has 1 aliphatic heterocycles. The number of hydrogen-bond donors (Lipinski definition) is 2. The van der Waals surface area contributed by atoms with Crippen LogP contribution < -0.4 is 10.5 Å². The van der Waals surface area contributed by atoms with Crippen LogP contribution in [0.2, 0.25) is 0 Å². The number of hydrogen-bond acceptors (Lipinski definition) is 4. The number of carbonyl (C=O) groups excluding carboxylic acids is 1. The van der Waals surface area contributed by atoms with Gasteiger partial charge < -0.3 is 25.2 Å². The summed E-state index contributed by atoms with van der Waals surface area (Å²) < 4.78 is 25.5. The van der Waals surface area contributed by atoms with Crippen molar-refractivity contribution in [2.75, 3.05) is 26.8 Å². The van der Waals surface area contributed by atoms with Gasteiger partial charge >= 0.3 is 6.03 Å². The molecule has 3 rings (SSSR count). The molecule has 0 aliphatic carbocycles. The Bertz CT molecular complexity index is 864. The number of piperidine rings is 1. The molecule has 3 N–H and O–H groups in total. The van der Waals surface area contributed by atoms with Gasteiger partial charge in [0.15, 0.2) is 0 Å². The molecule has 31 heavy (non-hydrogen) atoms. The molecular weight excluding hydrogens is 399 g/mol. The first-order valence-electron chi connectivity index (χ1n) is 10.7. The third kappa shape index (κ3) is 5.74. The van der Waals surface area contributed by atoms with E-state index in [2.05, 4.69) is 0 Å². The molecule has 2 amide bonds. The van der Waals surface area contributed by atoms with Gasteiger partial charge in [0.1, 0.15) is 17.3 Å². The second kappa shape index (κ2) is 10.6. The van der Waals surface area contributed by atoms with Crippen molar-refractivity contribution >= 4 is 6.03 Å². The van der Waals surface area contributed by atoms with Crippen molar-refractivity contribution < 1.29 is 23.8 Å². The first-order chi connectivity index (χ1) is 14.9. The summed E-state index contributed by atoms with van der Waals surface area (Å²) in [5, 5.41) is 12.0. The van der Waals surface area contributed by atoms with E-state index in [1.165, 1.54) is 12.1 Å². The van der Waals surface area contributed by atoms with Crippen molar-refractivity contribution in [3.8, 4) is 11.5 Å². The van der Waals surface area contributed by atoms with E-state index in [9.17, 15) is 14.3 Å². The third-order valence-electron chi connectivity index (χ3n) is 5.94. The van der Waals surface area contributed by atoms with E-state index in [-0.39, 0.29) is 5.92 Å². The number of ether oxygens (including phenoxy) is 2. The molecule has 0 saturated carbocycles. The summed E-state index contributed by atoms with van der Waals surface area (Å²) in [5.74, 6) is 0.252. The lowest BCUT2D eigenvalue weighted by molar-refractivity contribution is -0.0572. The van der Waals surface area contributed by atoms with Crippen LogP contribution in [0.3, 0.4) is 0 Å². The molecule has 1 fully saturated rings. The molecule has 2 aromatic carbocycles. The molecule has 0 aromatic heterocycles. The average Bonchev–Trinajstić information content (AvgIpc) is 2.78. The largest absolute Gasteiger partial charge is 0.457 e. The Balaban J connectivity index is 1.98. The Kier molecular flexibility index (Phi) is 7.87. The fourth-order valence-electron chi connectivity index (χ4n) is 4.31. The van der Waals surface area contributed by atoms with Crippen LogP contribution in [0, 0.1) is 11.7 Å². The quantitative estimate of drug-likeness (QED) is 0.577. The van der Waals surface area contributed by atoms with Crippen LogP contribution in [0.1, 0.15) is 37.7 Å². The fraction of sp³-hybridized carbons (Fsp3) is 0.458. The minimum Gasteiger partial charge on any atom is -0.457 e. The van der Waals surface area contributed by atoms with Crippen LogP contribution in [0.15, 0.2) is 48.5 Å². The summed E-state index contributed by atoms with van der Waals surface area (Å²) in [5.41, 5.74) is 4.52. The molecule has 2 unspecified atom stereocenters. The van der Waals surface area contributed by atoms with Crippen LogP contribution in [0.25, 0.3) is 0 Å². The van der Waals surface area contributed by atoms with E-state index in [0.29, 0.717) is 56.0 Å². The first-order valence-corrected chi connectivity index (χ1v) is 10.7. The normalized spacial score (nSPS) is 18.4. The number of halogens is 1. The Morgan fingerprint density at radius 3 is 2.74 bits per heavy atom. The zero-order valence-electron chi connectivity index (χ0n) is 17.9. The number of unbranched alkanes of at least 4 members (excludes halogenated alkanes) is 1. The zero-order chi connectivity index (χ0) is 22.3. The Hall–Kier alpha value is -2.64. The minimum atomic E-state index is -1.38. The maximum absolute atomic E-state index is 14.4. The third-order valence-corrected chi connectivity index (χ3v) is 5.94. The number of nitrogens with two attached hydrogens (primary N) is 1. The highest BCUT2D eigenvalue weighted by molar-refractivity contribution is 5.72. The molecule has 1 heterocycles. The van der Waals surface area contributed by atoms with E-state index < -0.39 is 17.4 Å². The van der Waals surface area contributed by atoms with Crippen LogP contribution >= 0.6 is 0 Å². The van der Waals surface area contributed by atoms with Gasteiger partial charge in [-0.05, 0) is 62.4 Å². The number of carbonyl (C=O) groups is 1. The van der Waals surface area contributed by atoms with Gasteiger partial charge in [0.2, 0.25) is 0 Å². The number of likely N-dealkylation sites (tertiary alicyclic amines) is 1. The SMILES string of the molecule is COCCCCC(O)(c1cc(F)ccc1Oc1ccccc1)C1CCCN(C(N)=O)C1. The van der Waals surface area contributed by atoms with Crippen LogP contribution in [0.4, 0.5) is 9.18 Å². The van der Waals surface area contributed by atoms with Crippen LogP contribution in [-0.2, 0) is 10.3 Å². The second-order valence-electron chi connectivity index (χ2n) is 8.05. The van der Waals surface area contributed by atoms with Gasteiger partial charge in [0.25, 0.3) is 0 Å². The van der Waals surface area contributed by atoms with Crippen molar-refractivity contribution in [2.45, 2.75) is 37.7 Å². The zero-order valence-corrected chi connectivity index (χ0v) is 17.9. The minimum absolute atomic E-state index is 0.295. The topological polar surface area (TPSA) is 85.0 Å². The predicted octanol–water partition coefficient (Wildman–Crippen LogP) is 4.41. The molecule has 0 bridgehead atoms. The Morgan fingerprint density at radius 2 is 2.03 bits per heavy atom. The molecule has 6 nitrogen and oxygen atoms in total. The van der Waals surface area contributed by atoms with Crippen molar-refractivity contribution in [3.63, 3.8) is 0 Å². The summed E-state index contributed by atoms with van der Waals surface area (Å²) in [6.45, 7) is 1.45. The molecule has 0 spiro atoms. The maximum atomic E-state index is 14.4. The maximum Gasteiger partial charge on any atom is 0.314 e. The monoisotopic (exact) mass is 430 g/mol. The highest BCUT2D eigenvalue weighted by Gasteiger charge is 2.43. The van der Waals surface area contributed by atoms with Crippen LogP contribution in [0.5, 0.6) is 11.5 Å². The number of benzene rings is 2. The summed E-state index contributed by atoms with van der Waals surface area (Å²) in [6.07, 6.45) is 3.25. The first kappa shape index (κ1) is 23.0. The lowest BCUT2D eigenvalue weighted by atomic mass is 9.73. The van der Waals surface area contributed by atoms with Gasteiger partial charge in [-0.2, -0.15) is 0 Å².